The molecule has 0 bridgehead atoms. The van der Waals surface area contributed by atoms with Gasteiger partial charge in [-0.2, -0.15) is 0 Å². The lowest BCUT2D eigenvalue weighted by Crippen LogP contribution is -2.03. The molecule has 15 heavy (non-hydrogen) atoms. The van der Waals surface area contributed by atoms with Crippen LogP contribution in [0.1, 0.15) is 5.69 Å². The zero-order valence-corrected chi connectivity index (χ0v) is 8.75. The van der Waals surface area contributed by atoms with Crippen molar-refractivity contribution in [3.63, 3.8) is 0 Å². The monoisotopic (exact) mass is 208 g/mol. The molecule has 1 heterocycles. The minimum absolute atomic E-state index is 0.256. The lowest BCUT2D eigenvalue weighted by Gasteiger charge is -2.04. The summed E-state index contributed by atoms with van der Waals surface area (Å²) in [6.07, 6.45) is 0. The van der Waals surface area contributed by atoms with Crippen LogP contribution in [0.3, 0.4) is 0 Å². The lowest BCUT2D eigenvalue weighted by molar-refractivity contribution is 0.419. The average molecular weight is 208 g/mol. The van der Waals surface area contributed by atoms with Crippen molar-refractivity contribution >= 4 is 10.9 Å². The number of rotatable bonds is 2. The molecule has 1 aromatic heterocycles. The largest absolute Gasteiger partial charge is 0.496 e. The second-order valence-corrected chi connectivity index (χ2v) is 3.41. The number of ether oxygens (including phenoxy) is 1. The number of benzene rings is 1. The van der Waals surface area contributed by atoms with Crippen molar-refractivity contribution in [2.75, 3.05) is 7.11 Å². The van der Waals surface area contributed by atoms with E-state index in [1.807, 2.05) is 6.07 Å². The van der Waals surface area contributed by atoms with Crippen LogP contribution in [0.15, 0.2) is 18.2 Å². The molecule has 4 heteroatoms. The van der Waals surface area contributed by atoms with Crippen molar-refractivity contribution in [3.05, 3.63) is 29.7 Å². The minimum atomic E-state index is -0.256. The Labute approximate surface area is 87.2 Å². The van der Waals surface area contributed by atoms with E-state index in [1.165, 1.54) is 6.07 Å². The van der Waals surface area contributed by atoms with Crippen LogP contribution >= 0.6 is 0 Å². The van der Waals surface area contributed by atoms with Crippen molar-refractivity contribution < 1.29 is 9.13 Å². The lowest BCUT2D eigenvalue weighted by atomic mass is 10.2. The third-order valence-electron chi connectivity index (χ3n) is 2.63. The predicted molar refractivity (Wildman–Crippen MR) is 57.3 cm³/mol. The van der Waals surface area contributed by atoms with Crippen LogP contribution in [0.25, 0.3) is 10.9 Å². The molecule has 0 saturated carbocycles. The number of halogens is 1. The molecule has 0 aliphatic carbocycles. The minimum Gasteiger partial charge on any atom is -0.496 e. The standard InChI is InChI=1S/C11H13FN2O/c1-14-7(6-13)5-8-10(15-2)4-3-9(12)11(8)14/h3-5H,6,13H2,1-2H3. The smallest absolute Gasteiger partial charge is 0.147 e. The average Bonchev–Trinajstić information content (AvgIpc) is 2.57. The van der Waals surface area contributed by atoms with Crippen molar-refractivity contribution in [1.29, 1.82) is 0 Å². The second-order valence-electron chi connectivity index (χ2n) is 3.41. The van der Waals surface area contributed by atoms with E-state index in [-0.39, 0.29) is 5.82 Å². The molecule has 2 aromatic rings. The summed E-state index contributed by atoms with van der Waals surface area (Å²) in [5.41, 5.74) is 6.99. The molecule has 0 aliphatic rings. The van der Waals surface area contributed by atoms with Gasteiger partial charge in [-0.15, -0.1) is 0 Å². The molecule has 2 rings (SSSR count). The topological polar surface area (TPSA) is 40.2 Å². The summed E-state index contributed by atoms with van der Waals surface area (Å²) in [5, 5.41) is 0.764. The summed E-state index contributed by atoms with van der Waals surface area (Å²) in [6.45, 7) is 0.383. The number of methoxy groups -OCH3 is 1. The number of hydrogen-bond donors (Lipinski definition) is 1. The Balaban J connectivity index is 2.85. The van der Waals surface area contributed by atoms with Crippen LogP contribution < -0.4 is 10.5 Å². The third kappa shape index (κ3) is 1.37. The first kappa shape index (κ1) is 9.98. The summed E-state index contributed by atoms with van der Waals surface area (Å²) in [6, 6.07) is 4.89. The Morgan fingerprint density at radius 1 is 1.47 bits per heavy atom. The van der Waals surface area contributed by atoms with Crippen LogP contribution in [0.4, 0.5) is 4.39 Å². The maximum absolute atomic E-state index is 13.6. The van der Waals surface area contributed by atoms with Gasteiger partial charge in [-0.25, -0.2) is 4.39 Å². The zero-order chi connectivity index (χ0) is 11.0. The SMILES string of the molecule is COc1ccc(F)c2c1cc(CN)n2C. The van der Waals surface area contributed by atoms with Gasteiger partial charge in [0.1, 0.15) is 11.6 Å². The summed E-state index contributed by atoms with van der Waals surface area (Å²) in [4.78, 5) is 0. The van der Waals surface area contributed by atoms with Crippen LogP contribution in [0.2, 0.25) is 0 Å². The van der Waals surface area contributed by atoms with E-state index >= 15 is 0 Å². The molecule has 0 unspecified atom stereocenters. The van der Waals surface area contributed by atoms with Gasteiger partial charge in [0.2, 0.25) is 0 Å². The van der Waals surface area contributed by atoms with E-state index in [2.05, 4.69) is 0 Å². The Hall–Kier alpha value is -1.55. The molecule has 0 fully saturated rings. The van der Waals surface area contributed by atoms with Gasteiger partial charge in [0, 0.05) is 24.7 Å². The number of aryl methyl sites for hydroxylation is 1. The number of nitrogens with zero attached hydrogens (tertiary/aromatic N) is 1. The summed E-state index contributed by atoms with van der Waals surface area (Å²) < 4.78 is 20.5. The summed E-state index contributed by atoms with van der Waals surface area (Å²) >= 11 is 0. The van der Waals surface area contributed by atoms with Crippen molar-refractivity contribution in [3.8, 4) is 5.75 Å². The van der Waals surface area contributed by atoms with Gasteiger partial charge in [0.25, 0.3) is 0 Å². The number of nitrogens with two attached hydrogens (primary N) is 1. The Kier molecular flexibility index (Phi) is 2.36. The number of fused-ring (bicyclic) bond motifs is 1. The Bertz CT molecular complexity index is 505. The van der Waals surface area contributed by atoms with E-state index in [9.17, 15) is 4.39 Å². The van der Waals surface area contributed by atoms with Crippen LogP contribution in [-0.4, -0.2) is 11.7 Å². The molecule has 0 spiro atoms. The van der Waals surface area contributed by atoms with E-state index in [4.69, 9.17) is 10.5 Å². The predicted octanol–water partition coefficient (Wildman–Crippen LogP) is 1.78. The fraction of sp³-hybridized carbons (Fsp3) is 0.273. The molecular formula is C11H13FN2O. The van der Waals surface area contributed by atoms with Gasteiger partial charge in [-0.1, -0.05) is 0 Å². The van der Waals surface area contributed by atoms with Crippen molar-refractivity contribution in [1.82, 2.24) is 4.57 Å². The molecule has 0 aliphatic heterocycles. The molecule has 0 amide bonds. The highest BCUT2D eigenvalue weighted by Gasteiger charge is 2.12. The highest BCUT2D eigenvalue weighted by molar-refractivity contribution is 5.88. The summed E-state index contributed by atoms with van der Waals surface area (Å²) in [5.74, 6) is 0.412. The maximum Gasteiger partial charge on any atom is 0.147 e. The highest BCUT2D eigenvalue weighted by Crippen LogP contribution is 2.30. The first-order valence-corrected chi connectivity index (χ1v) is 4.70. The maximum atomic E-state index is 13.6. The van der Waals surface area contributed by atoms with Crippen LogP contribution in [0, 0.1) is 5.82 Å². The number of aromatic nitrogens is 1. The molecule has 0 saturated heterocycles. The fourth-order valence-electron chi connectivity index (χ4n) is 1.82. The second kappa shape index (κ2) is 3.55. The normalized spacial score (nSPS) is 10.9. The third-order valence-corrected chi connectivity index (χ3v) is 2.63. The van der Waals surface area contributed by atoms with Crippen molar-refractivity contribution in [2.24, 2.45) is 12.8 Å². The van der Waals surface area contributed by atoms with Crippen LogP contribution in [0.5, 0.6) is 5.75 Å². The molecule has 3 nitrogen and oxygen atoms in total. The van der Waals surface area contributed by atoms with Crippen molar-refractivity contribution in [2.45, 2.75) is 6.54 Å². The first-order valence-electron chi connectivity index (χ1n) is 4.70. The molecule has 0 atom stereocenters. The quantitative estimate of drug-likeness (QED) is 0.817. The van der Waals surface area contributed by atoms with E-state index in [1.54, 1.807) is 24.8 Å². The highest BCUT2D eigenvalue weighted by atomic mass is 19.1. The molecule has 80 valence electrons. The fourth-order valence-corrected chi connectivity index (χ4v) is 1.82. The van der Waals surface area contributed by atoms with E-state index < -0.39 is 0 Å². The molecule has 2 N–H and O–H groups in total. The molecule has 0 radical (unpaired) electrons. The first-order chi connectivity index (χ1) is 7.19. The van der Waals surface area contributed by atoms with Crippen LogP contribution in [-0.2, 0) is 13.6 Å². The van der Waals surface area contributed by atoms with E-state index in [0.717, 1.165) is 11.1 Å². The van der Waals surface area contributed by atoms with Gasteiger partial charge in [0.05, 0.1) is 12.6 Å². The van der Waals surface area contributed by atoms with Gasteiger partial charge < -0.3 is 15.0 Å². The molecular weight excluding hydrogens is 195 g/mol. The zero-order valence-electron chi connectivity index (χ0n) is 8.75. The van der Waals surface area contributed by atoms with Gasteiger partial charge in [0.15, 0.2) is 0 Å². The summed E-state index contributed by atoms with van der Waals surface area (Å²) in [7, 11) is 3.37. The van der Waals surface area contributed by atoms with E-state index in [0.29, 0.717) is 17.8 Å². The van der Waals surface area contributed by atoms with Gasteiger partial charge in [-0.3, -0.25) is 0 Å². The van der Waals surface area contributed by atoms with Gasteiger partial charge in [-0.05, 0) is 18.2 Å². The Morgan fingerprint density at radius 2 is 2.20 bits per heavy atom. The molecule has 1 aromatic carbocycles. The number of hydrogen-bond acceptors (Lipinski definition) is 2. The van der Waals surface area contributed by atoms with Gasteiger partial charge >= 0.3 is 0 Å². The Morgan fingerprint density at radius 3 is 2.80 bits per heavy atom.